The van der Waals surface area contributed by atoms with Crippen molar-refractivity contribution in [3.63, 3.8) is 0 Å². The predicted molar refractivity (Wildman–Crippen MR) is 74.8 cm³/mol. The minimum absolute atomic E-state index is 0.270. The molecule has 0 saturated carbocycles. The van der Waals surface area contributed by atoms with Crippen molar-refractivity contribution in [1.29, 1.82) is 0 Å². The number of fused-ring (bicyclic) bond motifs is 1. The van der Waals surface area contributed by atoms with Gasteiger partial charge in [0, 0.05) is 6.54 Å². The maximum atomic E-state index is 12.4. The number of aromatic amines is 1. The second-order valence-corrected chi connectivity index (χ2v) is 5.27. The smallest absolute Gasteiger partial charge is 0.316 e. The van der Waals surface area contributed by atoms with E-state index in [4.69, 9.17) is 11.6 Å². The molecule has 1 fully saturated rings. The second-order valence-electron chi connectivity index (χ2n) is 4.87. The fourth-order valence-electron chi connectivity index (χ4n) is 2.54. The van der Waals surface area contributed by atoms with Crippen LogP contribution < -0.4 is 16.6 Å². The number of hydrogen-bond acceptors (Lipinski definition) is 3. The van der Waals surface area contributed by atoms with Crippen LogP contribution in [0, 0.1) is 5.92 Å². The van der Waals surface area contributed by atoms with Crippen LogP contribution in [-0.2, 0) is 6.54 Å². The number of para-hydroxylation sites is 1. The van der Waals surface area contributed by atoms with Gasteiger partial charge < -0.3 is 10.3 Å². The predicted octanol–water partition coefficient (Wildman–Crippen LogP) is 0.953. The third kappa shape index (κ3) is 2.19. The van der Waals surface area contributed by atoms with E-state index < -0.39 is 5.69 Å². The molecule has 2 heterocycles. The largest absolute Gasteiger partial charge is 0.328 e. The second kappa shape index (κ2) is 4.83. The van der Waals surface area contributed by atoms with Crippen molar-refractivity contribution in [2.75, 3.05) is 13.1 Å². The molecule has 5 nitrogen and oxygen atoms in total. The normalized spacial score (nSPS) is 19.1. The van der Waals surface area contributed by atoms with E-state index in [-0.39, 0.29) is 5.56 Å². The van der Waals surface area contributed by atoms with E-state index in [1.807, 2.05) is 0 Å². The van der Waals surface area contributed by atoms with Crippen LogP contribution in [0.5, 0.6) is 0 Å². The van der Waals surface area contributed by atoms with Gasteiger partial charge in [-0.15, -0.1) is 0 Å². The molecule has 0 radical (unpaired) electrons. The molecule has 0 bridgehead atoms. The number of nitrogens with one attached hydrogen (secondary N) is 2. The Kier molecular flexibility index (Phi) is 3.16. The molecular formula is C13H14ClN3O2. The Bertz CT molecular complexity index is 729. The fraction of sp³-hybridized carbons (Fsp3) is 0.385. The molecule has 1 aromatic carbocycles. The summed E-state index contributed by atoms with van der Waals surface area (Å²) in [6.45, 7) is 2.24. The molecule has 2 N–H and O–H groups in total. The van der Waals surface area contributed by atoms with Gasteiger partial charge in [0.25, 0.3) is 5.56 Å². The van der Waals surface area contributed by atoms with Gasteiger partial charge in [-0.25, -0.2) is 4.79 Å². The molecule has 19 heavy (non-hydrogen) atoms. The highest BCUT2D eigenvalue weighted by Crippen LogP contribution is 2.17. The molecular weight excluding hydrogens is 266 g/mol. The van der Waals surface area contributed by atoms with Crippen LogP contribution in [0.3, 0.4) is 0 Å². The Labute approximate surface area is 114 Å². The zero-order chi connectivity index (χ0) is 13.4. The first-order valence-corrected chi connectivity index (χ1v) is 6.66. The molecule has 2 aromatic rings. The van der Waals surface area contributed by atoms with E-state index in [1.54, 1.807) is 18.2 Å². The summed E-state index contributed by atoms with van der Waals surface area (Å²) >= 11 is 6.00. The molecule has 1 aliphatic rings. The zero-order valence-electron chi connectivity index (χ0n) is 10.3. The summed E-state index contributed by atoms with van der Waals surface area (Å²) in [7, 11) is 0. The van der Waals surface area contributed by atoms with Gasteiger partial charge in [0.15, 0.2) is 0 Å². The summed E-state index contributed by atoms with van der Waals surface area (Å²) in [5, 5.41) is 4.08. The number of rotatable bonds is 2. The summed E-state index contributed by atoms with van der Waals surface area (Å²) in [5.74, 6) is 0.329. The van der Waals surface area contributed by atoms with Crippen molar-refractivity contribution in [3.8, 4) is 0 Å². The van der Waals surface area contributed by atoms with Crippen LogP contribution in [-0.4, -0.2) is 22.6 Å². The molecule has 0 amide bonds. The summed E-state index contributed by atoms with van der Waals surface area (Å²) in [6, 6.07) is 5.05. The molecule has 1 saturated heterocycles. The average Bonchev–Trinajstić information content (AvgIpc) is 2.89. The first-order valence-electron chi connectivity index (χ1n) is 6.29. The lowest BCUT2D eigenvalue weighted by Crippen LogP contribution is -2.37. The van der Waals surface area contributed by atoms with Gasteiger partial charge in [-0.2, -0.15) is 0 Å². The first kappa shape index (κ1) is 12.4. The van der Waals surface area contributed by atoms with Gasteiger partial charge in [-0.1, -0.05) is 17.7 Å². The van der Waals surface area contributed by atoms with E-state index in [2.05, 4.69) is 10.3 Å². The lowest BCUT2D eigenvalue weighted by molar-refractivity contribution is 0.460. The Morgan fingerprint density at radius 3 is 2.95 bits per heavy atom. The Balaban J connectivity index is 2.15. The van der Waals surface area contributed by atoms with Crippen molar-refractivity contribution in [1.82, 2.24) is 14.9 Å². The molecule has 0 aliphatic carbocycles. The lowest BCUT2D eigenvalue weighted by Gasteiger charge is -2.11. The molecule has 1 unspecified atom stereocenters. The van der Waals surface area contributed by atoms with Crippen LogP contribution >= 0.6 is 11.6 Å². The number of nitrogens with zero attached hydrogens (tertiary/aromatic N) is 1. The number of aromatic nitrogens is 2. The molecule has 0 spiro atoms. The Hall–Kier alpha value is -1.59. The van der Waals surface area contributed by atoms with Crippen molar-refractivity contribution in [2.24, 2.45) is 5.92 Å². The van der Waals surface area contributed by atoms with Crippen LogP contribution in [0.25, 0.3) is 10.9 Å². The highest BCUT2D eigenvalue weighted by molar-refractivity contribution is 6.34. The quantitative estimate of drug-likeness (QED) is 0.860. The van der Waals surface area contributed by atoms with Crippen molar-refractivity contribution >= 4 is 22.5 Å². The molecule has 1 atom stereocenters. The lowest BCUT2D eigenvalue weighted by atomic mass is 10.1. The topological polar surface area (TPSA) is 66.9 Å². The molecule has 100 valence electrons. The monoisotopic (exact) mass is 279 g/mol. The summed E-state index contributed by atoms with van der Waals surface area (Å²) in [5.41, 5.74) is -0.245. The number of H-pyrrole nitrogens is 1. The van der Waals surface area contributed by atoms with Gasteiger partial charge in [-0.05, 0) is 37.6 Å². The van der Waals surface area contributed by atoms with Gasteiger partial charge >= 0.3 is 5.69 Å². The van der Waals surface area contributed by atoms with Gasteiger partial charge in [0.1, 0.15) is 0 Å². The van der Waals surface area contributed by atoms with E-state index in [0.29, 0.717) is 28.4 Å². The highest BCUT2D eigenvalue weighted by atomic mass is 35.5. The fourth-order valence-corrected chi connectivity index (χ4v) is 2.76. The van der Waals surface area contributed by atoms with Crippen molar-refractivity contribution in [2.45, 2.75) is 13.0 Å². The molecule has 1 aromatic heterocycles. The highest BCUT2D eigenvalue weighted by Gasteiger charge is 2.18. The van der Waals surface area contributed by atoms with E-state index in [0.717, 1.165) is 19.5 Å². The first-order chi connectivity index (χ1) is 9.16. The summed E-state index contributed by atoms with van der Waals surface area (Å²) in [4.78, 5) is 27.1. The third-order valence-electron chi connectivity index (χ3n) is 3.57. The maximum absolute atomic E-state index is 12.4. The summed E-state index contributed by atoms with van der Waals surface area (Å²) < 4.78 is 1.27. The zero-order valence-corrected chi connectivity index (χ0v) is 11.0. The van der Waals surface area contributed by atoms with Gasteiger partial charge in [-0.3, -0.25) is 9.36 Å². The minimum Gasteiger partial charge on any atom is -0.316 e. The molecule has 3 rings (SSSR count). The standard InChI is InChI=1S/C13H14ClN3O2/c14-10-3-1-2-9-11(10)16-13(19)17(12(9)18)7-8-4-5-15-6-8/h1-3,8,15H,4-7H2,(H,16,19). The van der Waals surface area contributed by atoms with Crippen LogP contribution in [0.2, 0.25) is 5.02 Å². The number of hydrogen-bond donors (Lipinski definition) is 2. The van der Waals surface area contributed by atoms with Gasteiger partial charge in [0.05, 0.1) is 15.9 Å². The SMILES string of the molecule is O=c1[nH]c2c(Cl)cccc2c(=O)n1CC1CCNC1. The maximum Gasteiger partial charge on any atom is 0.328 e. The van der Waals surface area contributed by atoms with Crippen molar-refractivity contribution < 1.29 is 0 Å². The van der Waals surface area contributed by atoms with Crippen LogP contribution in [0.15, 0.2) is 27.8 Å². The number of benzene rings is 1. The van der Waals surface area contributed by atoms with Gasteiger partial charge in [0.2, 0.25) is 0 Å². The average molecular weight is 280 g/mol. The minimum atomic E-state index is -0.391. The van der Waals surface area contributed by atoms with E-state index in [1.165, 1.54) is 4.57 Å². The number of halogens is 1. The third-order valence-corrected chi connectivity index (χ3v) is 3.88. The Morgan fingerprint density at radius 1 is 1.37 bits per heavy atom. The summed E-state index contributed by atoms with van der Waals surface area (Å²) in [6.07, 6.45) is 0.986. The molecule has 6 heteroatoms. The van der Waals surface area contributed by atoms with Crippen LogP contribution in [0.1, 0.15) is 6.42 Å². The van der Waals surface area contributed by atoms with Crippen LogP contribution in [0.4, 0.5) is 0 Å². The van der Waals surface area contributed by atoms with E-state index in [9.17, 15) is 9.59 Å². The van der Waals surface area contributed by atoms with Crippen molar-refractivity contribution in [3.05, 3.63) is 44.1 Å². The molecule has 1 aliphatic heterocycles. The Morgan fingerprint density at radius 2 is 2.21 bits per heavy atom. The van der Waals surface area contributed by atoms with E-state index >= 15 is 0 Å².